The minimum absolute atomic E-state index is 0.0911. The van der Waals surface area contributed by atoms with Crippen LogP contribution in [0.25, 0.3) is 0 Å². The standard InChI is InChI=1S/C12H13NO2/c1-15-11-4-2-9(3-5-11)12-8-10(14)6-7-13-12/h2-7,12-13H,8H2,1H3. The van der Waals surface area contributed by atoms with Gasteiger partial charge >= 0.3 is 0 Å². The molecule has 0 aliphatic carbocycles. The van der Waals surface area contributed by atoms with Crippen molar-refractivity contribution in [2.75, 3.05) is 7.11 Å². The zero-order valence-electron chi connectivity index (χ0n) is 8.57. The van der Waals surface area contributed by atoms with Gasteiger partial charge < -0.3 is 10.1 Å². The van der Waals surface area contributed by atoms with Gasteiger partial charge in [-0.05, 0) is 23.8 Å². The fraction of sp³-hybridized carbons (Fsp3) is 0.250. The topological polar surface area (TPSA) is 38.3 Å². The summed E-state index contributed by atoms with van der Waals surface area (Å²) in [6, 6.07) is 7.85. The Bertz CT molecular complexity index is 381. The molecular formula is C12H13NO2. The molecule has 0 saturated heterocycles. The van der Waals surface area contributed by atoms with Gasteiger partial charge in [-0.25, -0.2) is 0 Å². The highest BCUT2D eigenvalue weighted by Gasteiger charge is 2.16. The molecule has 78 valence electrons. The van der Waals surface area contributed by atoms with Gasteiger partial charge in [-0.1, -0.05) is 12.1 Å². The van der Waals surface area contributed by atoms with E-state index >= 15 is 0 Å². The Labute approximate surface area is 88.8 Å². The van der Waals surface area contributed by atoms with Crippen LogP contribution >= 0.6 is 0 Å². The van der Waals surface area contributed by atoms with E-state index in [1.165, 1.54) is 0 Å². The molecule has 0 amide bonds. The molecule has 15 heavy (non-hydrogen) atoms. The van der Waals surface area contributed by atoms with Crippen LogP contribution in [-0.4, -0.2) is 12.9 Å². The molecule has 1 heterocycles. The Balaban J connectivity index is 2.15. The second-order valence-corrected chi connectivity index (χ2v) is 3.50. The molecule has 0 radical (unpaired) electrons. The first-order valence-electron chi connectivity index (χ1n) is 4.89. The summed E-state index contributed by atoms with van der Waals surface area (Å²) in [6.45, 7) is 0. The molecule has 3 nitrogen and oxygen atoms in total. The molecule has 2 rings (SSSR count). The van der Waals surface area contributed by atoms with Crippen LogP contribution in [0.4, 0.5) is 0 Å². The first kappa shape index (κ1) is 9.77. The molecule has 3 heteroatoms. The highest BCUT2D eigenvalue weighted by molar-refractivity contribution is 5.90. The molecular weight excluding hydrogens is 190 g/mol. The van der Waals surface area contributed by atoms with Crippen molar-refractivity contribution in [3.05, 3.63) is 42.1 Å². The zero-order valence-corrected chi connectivity index (χ0v) is 8.57. The van der Waals surface area contributed by atoms with E-state index in [1.807, 2.05) is 24.3 Å². The number of rotatable bonds is 2. The van der Waals surface area contributed by atoms with Crippen LogP contribution < -0.4 is 10.1 Å². The van der Waals surface area contributed by atoms with E-state index in [1.54, 1.807) is 19.4 Å². The van der Waals surface area contributed by atoms with Gasteiger partial charge in [0, 0.05) is 12.6 Å². The van der Waals surface area contributed by atoms with Crippen molar-refractivity contribution in [2.24, 2.45) is 0 Å². The van der Waals surface area contributed by atoms with Gasteiger partial charge in [-0.3, -0.25) is 4.79 Å². The summed E-state index contributed by atoms with van der Waals surface area (Å²) in [5.41, 5.74) is 1.11. The van der Waals surface area contributed by atoms with Crippen LogP contribution in [0.2, 0.25) is 0 Å². The molecule has 1 aromatic rings. The molecule has 1 aliphatic rings. The number of methoxy groups -OCH3 is 1. The molecule has 0 fully saturated rings. The SMILES string of the molecule is COc1ccc(C2CC(=O)C=CN2)cc1. The Morgan fingerprint density at radius 1 is 1.33 bits per heavy atom. The maximum Gasteiger partial charge on any atom is 0.159 e. The van der Waals surface area contributed by atoms with Crippen molar-refractivity contribution in [1.82, 2.24) is 5.32 Å². The van der Waals surface area contributed by atoms with Gasteiger partial charge in [-0.2, -0.15) is 0 Å². The van der Waals surface area contributed by atoms with Crippen LogP contribution in [0.15, 0.2) is 36.5 Å². The fourth-order valence-corrected chi connectivity index (χ4v) is 1.64. The second kappa shape index (κ2) is 4.17. The van der Waals surface area contributed by atoms with E-state index in [4.69, 9.17) is 4.74 Å². The zero-order chi connectivity index (χ0) is 10.7. The highest BCUT2D eigenvalue weighted by atomic mass is 16.5. The number of carbonyl (C=O) groups is 1. The minimum Gasteiger partial charge on any atom is -0.497 e. The number of hydrogen-bond donors (Lipinski definition) is 1. The maximum absolute atomic E-state index is 11.2. The number of hydrogen-bond acceptors (Lipinski definition) is 3. The van der Waals surface area contributed by atoms with Crippen molar-refractivity contribution in [3.8, 4) is 5.75 Å². The molecule has 1 aliphatic heterocycles. The van der Waals surface area contributed by atoms with Crippen LogP contribution in [0, 0.1) is 0 Å². The molecule has 1 aromatic carbocycles. The van der Waals surface area contributed by atoms with Crippen LogP contribution in [0.3, 0.4) is 0 Å². The van der Waals surface area contributed by atoms with E-state index < -0.39 is 0 Å². The predicted octanol–water partition coefficient (Wildman–Crippen LogP) is 1.81. The molecule has 0 spiro atoms. The first-order chi connectivity index (χ1) is 7.29. The van der Waals surface area contributed by atoms with Crippen LogP contribution in [0.1, 0.15) is 18.0 Å². The Hall–Kier alpha value is -1.77. The number of nitrogens with one attached hydrogen (secondary N) is 1. The summed E-state index contributed by atoms with van der Waals surface area (Å²) in [7, 11) is 1.64. The number of ketones is 1. The summed E-state index contributed by atoms with van der Waals surface area (Å²) in [6.07, 6.45) is 3.80. The Morgan fingerprint density at radius 3 is 2.67 bits per heavy atom. The molecule has 1 atom stereocenters. The average Bonchev–Trinajstić information content (AvgIpc) is 2.29. The summed E-state index contributed by atoms with van der Waals surface area (Å²) in [5.74, 6) is 0.992. The predicted molar refractivity (Wildman–Crippen MR) is 57.6 cm³/mol. The van der Waals surface area contributed by atoms with Crippen molar-refractivity contribution in [2.45, 2.75) is 12.5 Å². The highest BCUT2D eigenvalue weighted by Crippen LogP contribution is 2.22. The fourth-order valence-electron chi connectivity index (χ4n) is 1.64. The average molecular weight is 203 g/mol. The summed E-state index contributed by atoms with van der Waals surface area (Å²) < 4.78 is 5.08. The minimum atomic E-state index is 0.0911. The van der Waals surface area contributed by atoms with Gasteiger partial charge in [0.2, 0.25) is 0 Å². The molecule has 1 unspecified atom stereocenters. The lowest BCUT2D eigenvalue weighted by atomic mass is 9.99. The van der Waals surface area contributed by atoms with E-state index in [9.17, 15) is 4.79 Å². The third-order valence-electron chi connectivity index (χ3n) is 2.49. The first-order valence-corrected chi connectivity index (χ1v) is 4.89. The summed E-state index contributed by atoms with van der Waals surface area (Å²) in [5, 5.41) is 3.16. The van der Waals surface area contributed by atoms with Crippen LogP contribution in [0.5, 0.6) is 5.75 Å². The quantitative estimate of drug-likeness (QED) is 0.796. The summed E-state index contributed by atoms with van der Waals surface area (Å²) in [4.78, 5) is 11.2. The second-order valence-electron chi connectivity index (χ2n) is 3.50. The van der Waals surface area contributed by atoms with Crippen molar-refractivity contribution < 1.29 is 9.53 Å². The number of allylic oxidation sites excluding steroid dienone is 1. The lowest BCUT2D eigenvalue weighted by Crippen LogP contribution is -2.22. The molecule has 1 N–H and O–H groups in total. The molecule has 0 bridgehead atoms. The van der Waals surface area contributed by atoms with E-state index in [0.717, 1.165) is 11.3 Å². The molecule has 0 saturated carbocycles. The molecule has 0 aromatic heterocycles. The lowest BCUT2D eigenvalue weighted by Gasteiger charge is -2.19. The van der Waals surface area contributed by atoms with Gasteiger partial charge in [0.25, 0.3) is 0 Å². The van der Waals surface area contributed by atoms with Gasteiger partial charge in [0.05, 0.1) is 13.2 Å². The van der Waals surface area contributed by atoms with Crippen molar-refractivity contribution in [3.63, 3.8) is 0 Å². The Kier molecular flexibility index (Phi) is 2.72. The van der Waals surface area contributed by atoms with E-state index in [2.05, 4.69) is 5.32 Å². The van der Waals surface area contributed by atoms with E-state index in [0.29, 0.717) is 6.42 Å². The number of ether oxygens (including phenoxy) is 1. The monoisotopic (exact) mass is 203 g/mol. The van der Waals surface area contributed by atoms with Crippen LogP contribution in [-0.2, 0) is 4.79 Å². The van der Waals surface area contributed by atoms with Gasteiger partial charge in [0.15, 0.2) is 5.78 Å². The number of carbonyl (C=O) groups excluding carboxylic acids is 1. The maximum atomic E-state index is 11.2. The lowest BCUT2D eigenvalue weighted by molar-refractivity contribution is -0.115. The van der Waals surface area contributed by atoms with Crippen molar-refractivity contribution in [1.29, 1.82) is 0 Å². The van der Waals surface area contributed by atoms with E-state index in [-0.39, 0.29) is 11.8 Å². The number of benzene rings is 1. The van der Waals surface area contributed by atoms with Crippen molar-refractivity contribution >= 4 is 5.78 Å². The smallest absolute Gasteiger partial charge is 0.159 e. The Morgan fingerprint density at radius 2 is 2.07 bits per heavy atom. The third kappa shape index (κ3) is 2.18. The normalized spacial score (nSPS) is 19.8. The third-order valence-corrected chi connectivity index (χ3v) is 2.49. The largest absolute Gasteiger partial charge is 0.497 e. The summed E-state index contributed by atoms with van der Waals surface area (Å²) >= 11 is 0. The van der Waals surface area contributed by atoms with Gasteiger partial charge in [0.1, 0.15) is 5.75 Å². The van der Waals surface area contributed by atoms with Gasteiger partial charge in [-0.15, -0.1) is 0 Å².